The molecule has 4 nitrogen and oxygen atoms in total. The first-order valence-corrected chi connectivity index (χ1v) is 6.95. The van der Waals surface area contributed by atoms with Gasteiger partial charge >= 0.3 is 5.97 Å². The molecule has 0 aliphatic rings. The first kappa shape index (κ1) is 12.3. The van der Waals surface area contributed by atoms with Gasteiger partial charge in [-0.3, -0.25) is 4.79 Å². The molecule has 0 radical (unpaired) electrons. The molecule has 0 fully saturated rings. The van der Waals surface area contributed by atoms with Crippen molar-refractivity contribution in [1.29, 1.82) is 0 Å². The lowest BCUT2D eigenvalue weighted by Crippen LogP contribution is -2.11. The average Bonchev–Trinajstić information content (AvgIpc) is 2.66. The van der Waals surface area contributed by atoms with Crippen molar-refractivity contribution in [1.82, 2.24) is 9.97 Å². The minimum atomic E-state index is -0.774. The summed E-state index contributed by atoms with van der Waals surface area (Å²) in [5.74, 6) is -0.620. The van der Waals surface area contributed by atoms with Crippen LogP contribution >= 0.6 is 23.1 Å². The standard InChI is InChI=1S/C11H12N2O2S2/c1-6(11(14)15)4-16-9-8-3-7(2)17-10(8)13-5-12-9/h3,5-6H,4H2,1-2H3,(H,14,15). The van der Waals surface area contributed by atoms with Crippen molar-refractivity contribution < 1.29 is 9.90 Å². The van der Waals surface area contributed by atoms with E-state index in [1.165, 1.54) is 23.0 Å². The molecule has 90 valence electrons. The fourth-order valence-corrected chi connectivity index (χ4v) is 3.24. The SMILES string of the molecule is Cc1cc2c(SCC(C)C(=O)O)ncnc2s1. The van der Waals surface area contributed by atoms with Crippen LogP contribution in [0.5, 0.6) is 0 Å². The van der Waals surface area contributed by atoms with Crippen LogP contribution in [0.3, 0.4) is 0 Å². The number of aromatic nitrogens is 2. The smallest absolute Gasteiger partial charge is 0.307 e. The quantitative estimate of drug-likeness (QED) is 0.682. The summed E-state index contributed by atoms with van der Waals surface area (Å²) in [6.07, 6.45) is 1.53. The Labute approximate surface area is 107 Å². The topological polar surface area (TPSA) is 63.1 Å². The molecule has 2 aromatic rings. The Balaban J connectivity index is 2.21. The Kier molecular flexibility index (Phi) is 3.63. The number of hydrogen-bond acceptors (Lipinski definition) is 5. The summed E-state index contributed by atoms with van der Waals surface area (Å²) in [7, 11) is 0. The van der Waals surface area contributed by atoms with Crippen molar-refractivity contribution in [2.75, 3.05) is 5.75 Å². The second-order valence-corrected chi connectivity index (χ2v) is 6.05. The van der Waals surface area contributed by atoms with Crippen LogP contribution in [0, 0.1) is 12.8 Å². The number of carbonyl (C=O) groups is 1. The third-order valence-electron chi connectivity index (χ3n) is 2.31. The predicted molar refractivity (Wildman–Crippen MR) is 69.7 cm³/mol. The highest BCUT2D eigenvalue weighted by molar-refractivity contribution is 7.99. The number of thiophene rings is 1. The van der Waals surface area contributed by atoms with Gasteiger partial charge in [0.1, 0.15) is 16.2 Å². The van der Waals surface area contributed by atoms with E-state index in [-0.39, 0.29) is 5.92 Å². The van der Waals surface area contributed by atoms with Crippen LogP contribution in [0.25, 0.3) is 10.2 Å². The highest BCUT2D eigenvalue weighted by Gasteiger charge is 2.13. The van der Waals surface area contributed by atoms with Crippen LogP contribution in [-0.2, 0) is 4.79 Å². The van der Waals surface area contributed by atoms with Gasteiger partial charge in [0, 0.05) is 16.0 Å². The van der Waals surface area contributed by atoms with Crippen molar-refractivity contribution in [2.45, 2.75) is 18.9 Å². The lowest BCUT2D eigenvalue weighted by atomic mass is 10.2. The van der Waals surface area contributed by atoms with Crippen molar-refractivity contribution >= 4 is 39.3 Å². The molecule has 17 heavy (non-hydrogen) atoms. The summed E-state index contributed by atoms with van der Waals surface area (Å²) >= 11 is 3.10. The van der Waals surface area contributed by atoms with Gasteiger partial charge in [-0.05, 0) is 13.0 Å². The molecule has 2 heterocycles. The van der Waals surface area contributed by atoms with Crippen molar-refractivity contribution in [3.63, 3.8) is 0 Å². The Hall–Kier alpha value is -1.14. The molecule has 2 rings (SSSR count). The van der Waals surface area contributed by atoms with E-state index in [0.717, 1.165) is 15.2 Å². The van der Waals surface area contributed by atoms with Gasteiger partial charge in [0.25, 0.3) is 0 Å². The molecule has 0 spiro atoms. The molecular formula is C11H12N2O2S2. The van der Waals surface area contributed by atoms with Gasteiger partial charge in [0.2, 0.25) is 0 Å². The van der Waals surface area contributed by atoms with E-state index >= 15 is 0 Å². The van der Waals surface area contributed by atoms with Crippen molar-refractivity contribution in [3.8, 4) is 0 Å². The van der Waals surface area contributed by atoms with Gasteiger partial charge in [-0.25, -0.2) is 9.97 Å². The minimum absolute atomic E-state index is 0.371. The molecule has 6 heteroatoms. The van der Waals surface area contributed by atoms with Gasteiger partial charge < -0.3 is 5.11 Å². The van der Waals surface area contributed by atoms with Gasteiger partial charge in [0.15, 0.2) is 0 Å². The lowest BCUT2D eigenvalue weighted by Gasteiger charge is -2.05. The Morgan fingerprint density at radius 2 is 2.35 bits per heavy atom. The maximum Gasteiger partial charge on any atom is 0.307 e. The molecular weight excluding hydrogens is 256 g/mol. The first-order chi connectivity index (χ1) is 8.08. The maximum atomic E-state index is 10.7. The molecule has 0 aliphatic heterocycles. The molecule has 0 bridgehead atoms. The summed E-state index contributed by atoms with van der Waals surface area (Å²) in [6, 6.07) is 2.05. The van der Waals surface area contributed by atoms with Crippen LogP contribution in [0.1, 0.15) is 11.8 Å². The summed E-state index contributed by atoms with van der Waals surface area (Å²) in [4.78, 5) is 21.3. The normalized spacial score (nSPS) is 12.8. The number of carboxylic acids is 1. The molecule has 0 aromatic carbocycles. The number of carboxylic acid groups (broad SMARTS) is 1. The highest BCUT2D eigenvalue weighted by atomic mass is 32.2. The molecule has 1 unspecified atom stereocenters. The number of fused-ring (bicyclic) bond motifs is 1. The van der Waals surface area contributed by atoms with Crippen molar-refractivity contribution in [2.24, 2.45) is 5.92 Å². The number of hydrogen-bond donors (Lipinski definition) is 1. The third-order valence-corrected chi connectivity index (χ3v) is 4.53. The summed E-state index contributed by atoms with van der Waals surface area (Å²) < 4.78 is 0. The van der Waals surface area contributed by atoms with Gasteiger partial charge in [-0.15, -0.1) is 23.1 Å². The number of aliphatic carboxylic acids is 1. The number of nitrogens with zero attached hydrogens (tertiary/aromatic N) is 2. The molecule has 1 N–H and O–H groups in total. The molecule has 0 saturated carbocycles. The Bertz CT molecular complexity index is 553. The van der Waals surface area contributed by atoms with E-state index < -0.39 is 5.97 Å². The minimum Gasteiger partial charge on any atom is -0.481 e. The van der Waals surface area contributed by atoms with Gasteiger partial charge in [-0.1, -0.05) is 6.92 Å². The van der Waals surface area contributed by atoms with E-state index in [1.807, 2.05) is 13.0 Å². The fourth-order valence-electron chi connectivity index (χ4n) is 1.34. The molecule has 2 aromatic heterocycles. The zero-order chi connectivity index (χ0) is 12.4. The summed E-state index contributed by atoms with van der Waals surface area (Å²) in [5, 5.41) is 10.7. The molecule has 0 aliphatic carbocycles. The lowest BCUT2D eigenvalue weighted by molar-refractivity contribution is -0.140. The summed E-state index contributed by atoms with van der Waals surface area (Å²) in [5.41, 5.74) is 0. The molecule has 1 atom stereocenters. The average molecular weight is 268 g/mol. The number of rotatable bonds is 4. The number of thioether (sulfide) groups is 1. The summed E-state index contributed by atoms with van der Waals surface area (Å²) in [6.45, 7) is 3.73. The largest absolute Gasteiger partial charge is 0.481 e. The van der Waals surface area contributed by atoms with Crippen molar-refractivity contribution in [3.05, 3.63) is 17.3 Å². The number of aryl methyl sites for hydroxylation is 1. The second kappa shape index (κ2) is 5.01. The van der Waals surface area contributed by atoms with Crippen LogP contribution < -0.4 is 0 Å². The van der Waals surface area contributed by atoms with Crippen LogP contribution in [-0.4, -0.2) is 26.8 Å². The van der Waals surface area contributed by atoms with Gasteiger partial charge in [0.05, 0.1) is 5.92 Å². The van der Waals surface area contributed by atoms with E-state index in [2.05, 4.69) is 9.97 Å². The fraction of sp³-hybridized carbons (Fsp3) is 0.364. The maximum absolute atomic E-state index is 10.7. The van der Waals surface area contributed by atoms with Crippen LogP contribution in [0.15, 0.2) is 17.4 Å². The van der Waals surface area contributed by atoms with Gasteiger partial charge in [-0.2, -0.15) is 0 Å². The first-order valence-electron chi connectivity index (χ1n) is 5.14. The van der Waals surface area contributed by atoms with E-state index in [1.54, 1.807) is 18.3 Å². The van der Waals surface area contributed by atoms with E-state index in [4.69, 9.17) is 5.11 Å². The monoisotopic (exact) mass is 268 g/mol. The Morgan fingerprint density at radius 3 is 3.06 bits per heavy atom. The van der Waals surface area contributed by atoms with E-state index in [0.29, 0.717) is 5.75 Å². The predicted octanol–water partition coefficient (Wildman–Crippen LogP) is 2.81. The van der Waals surface area contributed by atoms with E-state index in [9.17, 15) is 4.79 Å². The van der Waals surface area contributed by atoms with Crippen LogP contribution in [0.4, 0.5) is 0 Å². The molecule has 0 amide bonds. The molecule has 0 saturated heterocycles. The highest BCUT2D eigenvalue weighted by Crippen LogP contribution is 2.30. The zero-order valence-corrected chi connectivity index (χ0v) is 11.1. The Morgan fingerprint density at radius 1 is 1.59 bits per heavy atom. The zero-order valence-electron chi connectivity index (χ0n) is 9.51. The third kappa shape index (κ3) is 2.76. The second-order valence-electron chi connectivity index (χ2n) is 3.80. The van der Waals surface area contributed by atoms with Crippen LogP contribution in [0.2, 0.25) is 0 Å².